The molecule has 0 heterocycles. The molecule has 7 heteroatoms. The monoisotopic (exact) mass is 358 g/mol. The summed E-state index contributed by atoms with van der Waals surface area (Å²) in [6.45, 7) is 3.93. The minimum Gasteiger partial charge on any atom is -0.434 e. The van der Waals surface area contributed by atoms with Crippen molar-refractivity contribution in [2.24, 2.45) is 5.92 Å². The number of para-hydroxylation sites is 1. The number of ether oxygens (including phenoxy) is 2. The standard InChI is InChI=1S/C19H18O7/c1-12(2)11-24-19(22)25-16-10-6-5-9-15(16)17(20)13-7-3-4-8-14(13)18(21)26-23/h3-10,12,23H,11H2,1-2H3. The van der Waals surface area contributed by atoms with E-state index in [9.17, 15) is 14.4 Å². The van der Waals surface area contributed by atoms with Crippen molar-refractivity contribution < 1.29 is 34.0 Å². The average Bonchev–Trinajstić information content (AvgIpc) is 2.65. The summed E-state index contributed by atoms with van der Waals surface area (Å²) >= 11 is 0. The molecule has 1 N–H and O–H groups in total. The van der Waals surface area contributed by atoms with Gasteiger partial charge in [-0.25, -0.2) is 9.59 Å². The first kappa shape index (κ1) is 19.1. The Morgan fingerprint density at radius 1 is 0.923 bits per heavy atom. The summed E-state index contributed by atoms with van der Waals surface area (Å²) in [4.78, 5) is 40.0. The largest absolute Gasteiger partial charge is 0.513 e. The first-order valence-corrected chi connectivity index (χ1v) is 7.87. The van der Waals surface area contributed by atoms with Crippen LogP contribution >= 0.6 is 0 Å². The molecule has 0 atom stereocenters. The summed E-state index contributed by atoms with van der Waals surface area (Å²) in [6, 6.07) is 11.9. The number of hydrogen-bond donors (Lipinski definition) is 1. The summed E-state index contributed by atoms with van der Waals surface area (Å²) in [5.41, 5.74) is -0.0532. The van der Waals surface area contributed by atoms with Crippen LogP contribution in [0, 0.1) is 5.92 Å². The first-order valence-electron chi connectivity index (χ1n) is 7.87. The quantitative estimate of drug-likeness (QED) is 0.276. The van der Waals surface area contributed by atoms with Crippen LogP contribution in [0.4, 0.5) is 4.79 Å². The molecule has 2 aromatic carbocycles. The molecule has 0 fully saturated rings. The Balaban J connectivity index is 2.31. The van der Waals surface area contributed by atoms with E-state index in [0.29, 0.717) is 0 Å². The highest BCUT2D eigenvalue weighted by molar-refractivity contribution is 6.15. The summed E-state index contributed by atoms with van der Waals surface area (Å²) in [6.07, 6.45) is -0.929. The predicted molar refractivity (Wildman–Crippen MR) is 91.2 cm³/mol. The molecule has 0 amide bonds. The van der Waals surface area contributed by atoms with Gasteiger partial charge in [0.05, 0.1) is 17.7 Å². The molecule has 136 valence electrons. The topological polar surface area (TPSA) is 99.1 Å². The Morgan fingerprint density at radius 2 is 1.50 bits per heavy atom. The number of hydrogen-bond acceptors (Lipinski definition) is 7. The molecule has 0 unspecified atom stereocenters. The van der Waals surface area contributed by atoms with Crippen molar-refractivity contribution in [2.75, 3.05) is 6.61 Å². The van der Waals surface area contributed by atoms with Crippen molar-refractivity contribution in [3.05, 3.63) is 65.2 Å². The van der Waals surface area contributed by atoms with Gasteiger partial charge in [0.2, 0.25) is 0 Å². The number of ketones is 1. The van der Waals surface area contributed by atoms with E-state index in [4.69, 9.17) is 14.7 Å². The van der Waals surface area contributed by atoms with Crippen molar-refractivity contribution in [3.63, 3.8) is 0 Å². The molecule has 2 rings (SSSR count). The molecule has 0 bridgehead atoms. The highest BCUT2D eigenvalue weighted by Gasteiger charge is 2.23. The zero-order valence-corrected chi connectivity index (χ0v) is 14.3. The maximum Gasteiger partial charge on any atom is 0.513 e. The SMILES string of the molecule is CC(C)COC(=O)Oc1ccccc1C(=O)c1ccccc1C(=O)OO. The van der Waals surface area contributed by atoms with E-state index in [-0.39, 0.29) is 35.0 Å². The number of carbonyl (C=O) groups is 3. The third-order valence-corrected chi connectivity index (χ3v) is 3.33. The summed E-state index contributed by atoms with van der Waals surface area (Å²) < 4.78 is 10.1. The smallest absolute Gasteiger partial charge is 0.434 e. The van der Waals surface area contributed by atoms with E-state index < -0.39 is 17.9 Å². The van der Waals surface area contributed by atoms with Crippen molar-refractivity contribution >= 4 is 17.9 Å². The molecule has 2 aromatic rings. The summed E-state index contributed by atoms with van der Waals surface area (Å²) in [5.74, 6) is -1.50. The van der Waals surface area contributed by atoms with Crippen LogP contribution in [0.25, 0.3) is 0 Å². The van der Waals surface area contributed by atoms with Gasteiger partial charge in [0.25, 0.3) is 0 Å². The van der Waals surface area contributed by atoms with Gasteiger partial charge in [-0.05, 0) is 24.1 Å². The fourth-order valence-electron chi connectivity index (χ4n) is 2.15. The van der Waals surface area contributed by atoms with Crippen molar-refractivity contribution in [1.82, 2.24) is 0 Å². The predicted octanol–water partition coefficient (Wildman–Crippen LogP) is 3.72. The molecule has 26 heavy (non-hydrogen) atoms. The van der Waals surface area contributed by atoms with Crippen LogP contribution in [0.15, 0.2) is 48.5 Å². The van der Waals surface area contributed by atoms with Gasteiger partial charge in [-0.15, -0.1) is 0 Å². The van der Waals surface area contributed by atoms with Crippen LogP contribution in [0.5, 0.6) is 5.75 Å². The second kappa shape index (κ2) is 8.77. The van der Waals surface area contributed by atoms with Gasteiger partial charge in [-0.2, -0.15) is 5.26 Å². The number of rotatable bonds is 6. The molecule has 0 aliphatic carbocycles. The third kappa shape index (κ3) is 4.67. The molecule has 0 aliphatic heterocycles. The van der Waals surface area contributed by atoms with E-state index in [1.54, 1.807) is 18.2 Å². The molecule has 0 aliphatic rings. The van der Waals surface area contributed by atoms with Crippen LogP contribution in [0.2, 0.25) is 0 Å². The van der Waals surface area contributed by atoms with Gasteiger partial charge in [0.15, 0.2) is 5.78 Å². The van der Waals surface area contributed by atoms with Gasteiger partial charge in [0, 0.05) is 5.56 Å². The van der Waals surface area contributed by atoms with Gasteiger partial charge >= 0.3 is 12.1 Å². The second-order valence-corrected chi connectivity index (χ2v) is 5.81. The van der Waals surface area contributed by atoms with E-state index in [1.165, 1.54) is 30.3 Å². The van der Waals surface area contributed by atoms with E-state index in [1.807, 2.05) is 13.8 Å². The zero-order chi connectivity index (χ0) is 19.1. The Hall–Kier alpha value is -3.19. The van der Waals surface area contributed by atoms with Crippen LogP contribution in [0.1, 0.15) is 40.1 Å². The second-order valence-electron chi connectivity index (χ2n) is 5.81. The fourth-order valence-corrected chi connectivity index (χ4v) is 2.15. The Labute approximate surface area is 150 Å². The minimum absolute atomic E-state index is 0.00146. The first-order chi connectivity index (χ1) is 12.4. The van der Waals surface area contributed by atoms with Crippen LogP contribution < -0.4 is 4.74 Å². The maximum absolute atomic E-state index is 12.8. The lowest BCUT2D eigenvalue weighted by Crippen LogP contribution is -2.17. The normalized spacial score (nSPS) is 10.3. The van der Waals surface area contributed by atoms with Crippen molar-refractivity contribution in [3.8, 4) is 5.75 Å². The lowest BCUT2D eigenvalue weighted by molar-refractivity contribution is -0.182. The number of benzene rings is 2. The molecule has 0 saturated heterocycles. The molecule has 0 saturated carbocycles. The van der Waals surface area contributed by atoms with E-state index in [2.05, 4.69) is 4.89 Å². The Morgan fingerprint density at radius 3 is 2.12 bits per heavy atom. The Bertz CT molecular complexity index is 811. The van der Waals surface area contributed by atoms with Crippen LogP contribution in [-0.4, -0.2) is 29.8 Å². The molecular weight excluding hydrogens is 340 g/mol. The Kier molecular flexibility index (Phi) is 6.46. The van der Waals surface area contributed by atoms with E-state index in [0.717, 1.165) is 0 Å². The van der Waals surface area contributed by atoms with E-state index >= 15 is 0 Å². The molecule has 7 nitrogen and oxygen atoms in total. The highest BCUT2D eigenvalue weighted by Crippen LogP contribution is 2.24. The minimum atomic E-state index is -1.07. The number of carbonyl (C=O) groups excluding carboxylic acids is 3. The highest BCUT2D eigenvalue weighted by atomic mass is 17.1. The lowest BCUT2D eigenvalue weighted by atomic mass is 9.98. The summed E-state index contributed by atoms with van der Waals surface area (Å²) in [5, 5.41) is 8.60. The van der Waals surface area contributed by atoms with Crippen molar-refractivity contribution in [2.45, 2.75) is 13.8 Å². The van der Waals surface area contributed by atoms with Gasteiger partial charge in [-0.1, -0.05) is 44.2 Å². The molecular formula is C19H18O7. The van der Waals surface area contributed by atoms with Crippen LogP contribution in [-0.2, 0) is 9.62 Å². The molecule has 0 aromatic heterocycles. The summed E-state index contributed by atoms with van der Waals surface area (Å²) in [7, 11) is 0. The van der Waals surface area contributed by atoms with Gasteiger partial charge in [0.1, 0.15) is 5.75 Å². The molecule has 0 radical (unpaired) electrons. The van der Waals surface area contributed by atoms with Crippen molar-refractivity contribution in [1.29, 1.82) is 0 Å². The van der Waals surface area contributed by atoms with Gasteiger partial charge < -0.3 is 9.47 Å². The fraction of sp³-hybridized carbons (Fsp3) is 0.211. The van der Waals surface area contributed by atoms with Gasteiger partial charge in [-0.3, -0.25) is 9.68 Å². The average molecular weight is 358 g/mol. The zero-order valence-electron chi connectivity index (χ0n) is 14.3. The maximum atomic E-state index is 12.8. The lowest BCUT2D eigenvalue weighted by Gasteiger charge is -2.11. The third-order valence-electron chi connectivity index (χ3n) is 3.33. The van der Waals surface area contributed by atoms with Crippen LogP contribution in [0.3, 0.4) is 0 Å². The molecule has 0 spiro atoms.